The molecule has 120 valence electrons. The zero-order valence-corrected chi connectivity index (χ0v) is 13.1. The zero-order chi connectivity index (χ0) is 15.2. The molecule has 0 spiro atoms. The fraction of sp³-hybridized carbons (Fsp3) is 0.706. The molecule has 1 aromatic rings. The Kier molecular flexibility index (Phi) is 5.24. The third-order valence-electron chi connectivity index (χ3n) is 4.88. The molecule has 5 heteroatoms. The number of hydrogen-bond acceptors (Lipinski definition) is 4. The van der Waals surface area contributed by atoms with Crippen LogP contribution in [0.2, 0.25) is 0 Å². The van der Waals surface area contributed by atoms with Crippen molar-refractivity contribution in [2.75, 3.05) is 13.1 Å². The van der Waals surface area contributed by atoms with Crippen molar-refractivity contribution in [1.82, 2.24) is 14.9 Å². The number of ether oxygens (including phenoxy) is 1. The summed E-state index contributed by atoms with van der Waals surface area (Å²) in [6, 6.07) is 1.78. The molecule has 2 heterocycles. The summed E-state index contributed by atoms with van der Waals surface area (Å²) >= 11 is 0. The zero-order valence-electron chi connectivity index (χ0n) is 13.1. The molecule has 1 aromatic heterocycles. The van der Waals surface area contributed by atoms with Crippen molar-refractivity contribution < 1.29 is 9.53 Å². The van der Waals surface area contributed by atoms with Gasteiger partial charge in [0.05, 0.1) is 0 Å². The van der Waals surface area contributed by atoms with Gasteiger partial charge in [-0.1, -0.05) is 25.7 Å². The predicted molar refractivity (Wildman–Crippen MR) is 83.5 cm³/mol. The van der Waals surface area contributed by atoms with Crippen LogP contribution >= 0.6 is 0 Å². The van der Waals surface area contributed by atoms with E-state index in [0.29, 0.717) is 11.8 Å². The van der Waals surface area contributed by atoms with Crippen LogP contribution in [0.15, 0.2) is 18.6 Å². The first kappa shape index (κ1) is 15.3. The smallest absolute Gasteiger partial charge is 0.222 e. The van der Waals surface area contributed by atoms with Crippen molar-refractivity contribution in [1.29, 1.82) is 0 Å². The lowest BCUT2D eigenvalue weighted by Crippen LogP contribution is -2.41. The minimum Gasteiger partial charge on any atom is -0.474 e. The molecular formula is C17H25N3O2. The first-order valence-electron chi connectivity index (χ1n) is 8.52. The lowest BCUT2D eigenvalue weighted by molar-refractivity contribution is -0.133. The van der Waals surface area contributed by atoms with Gasteiger partial charge in [0.1, 0.15) is 12.4 Å². The maximum Gasteiger partial charge on any atom is 0.222 e. The van der Waals surface area contributed by atoms with Gasteiger partial charge in [0.2, 0.25) is 11.8 Å². The SMILES string of the molecule is O=C(CCC1CCCC1)N1CCC(Oc2ccncn2)CC1. The monoisotopic (exact) mass is 303 g/mol. The molecule has 0 atom stereocenters. The number of carbonyl (C=O) groups is 1. The first-order chi connectivity index (χ1) is 10.8. The van der Waals surface area contributed by atoms with Crippen LogP contribution in [0.3, 0.4) is 0 Å². The van der Waals surface area contributed by atoms with E-state index in [-0.39, 0.29) is 6.10 Å². The lowest BCUT2D eigenvalue weighted by atomic mass is 10.0. The summed E-state index contributed by atoms with van der Waals surface area (Å²) in [5, 5.41) is 0. The van der Waals surface area contributed by atoms with Gasteiger partial charge in [0, 0.05) is 44.6 Å². The largest absolute Gasteiger partial charge is 0.474 e. The van der Waals surface area contributed by atoms with Gasteiger partial charge in [-0.15, -0.1) is 0 Å². The molecule has 1 amide bonds. The Morgan fingerprint density at radius 3 is 2.68 bits per heavy atom. The van der Waals surface area contributed by atoms with Crippen LogP contribution in [0.5, 0.6) is 5.88 Å². The van der Waals surface area contributed by atoms with Gasteiger partial charge in [0.25, 0.3) is 0 Å². The molecule has 1 saturated heterocycles. The second-order valence-corrected chi connectivity index (χ2v) is 6.43. The van der Waals surface area contributed by atoms with Crippen molar-refractivity contribution in [3.05, 3.63) is 18.6 Å². The average Bonchev–Trinajstić information content (AvgIpc) is 3.08. The molecule has 0 aromatic carbocycles. The van der Waals surface area contributed by atoms with E-state index in [1.807, 2.05) is 4.90 Å². The Morgan fingerprint density at radius 1 is 1.23 bits per heavy atom. The van der Waals surface area contributed by atoms with E-state index in [1.54, 1.807) is 12.3 Å². The standard InChI is InChI=1S/C17H25N3O2/c21-17(6-5-14-3-1-2-4-14)20-11-8-15(9-12-20)22-16-7-10-18-13-19-16/h7,10,13-15H,1-6,8-9,11-12H2. The maximum atomic E-state index is 12.3. The van der Waals surface area contributed by atoms with Gasteiger partial charge in [-0.25, -0.2) is 9.97 Å². The summed E-state index contributed by atoms with van der Waals surface area (Å²) in [5.41, 5.74) is 0. The third kappa shape index (κ3) is 4.18. The summed E-state index contributed by atoms with van der Waals surface area (Å²) in [5.74, 6) is 1.75. The highest BCUT2D eigenvalue weighted by Gasteiger charge is 2.25. The fourth-order valence-corrected chi connectivity index (χ4v) is 3.53. The van der Waals surface area contributed by atoms with Crippen LogP contribution in [0, 0.1) is 5.92 Å². The van der Waals surface area contributed by atoms with Crippen LogP contribution < -0.4 is 4.74 Å². The minimum atomic E-state index is 0.161. The molecule has 5 nitrogen and oxygen atoms in total. The molecule has 2 aliphatic rings. The summed E-state index contributed by atoms with van der Waals surface area (Å²) < 4.78 is 5.84. The molecule has 0 radical (unpaired) electrons. The number of likely N-dealkylation sites (tertiary alicyclic amines) is 1. The molecule has 22 heavy (non-hydrogen) atoms. The van der Waals surface area contributed by atoms with Gasteiger partial charge in [-0.2, -0.15) is 0 Å². The first-order valence-corrected chi connectivity index (χ1v) is 8.52. The average molecular weight is 303 g/mol. The van der Waals surface area contributed by atoms with Crippen LogP contribution in [0.4, 0.5) is 0 Å². The third-order valence-corrected chi connectivity index (χ3v) is 4.88. The minimum absolute atomic E-state index is 0.161. The summed E-state index contributed by atoms with van der Waals surface area (Å²) in [4.78, 5) is 22.3. The van der Waals surface area contributed by atoms with Crippen molar-refractivity contribution in [2.45, 2.75) is 57.5 Å². The number of nitrogens with zero attached hydrogens (tertiary/aromatic N) is 3. The molecule has 2 fully saturated rings. The molecule has 1 aliphatic heterocycles. The van der Waals surface area contributed by atoms with Crippen LogP contribution in [-0.2, 0) is 4.79 Å². The van der Waals surface area contributed by atoms with E-state index in [4.69, 9.17) is 4.74 Å². The number of hydrogen-bond donors (Lipinski definition) is 0. The molecule has 1 saturated carbocycles. The van der Waals surface area contributed by atoms with Crippen LogP contribution in [0.25, 0.3) is 0 Å². The maximum absolute atomic E-state index is 12.3. The number of carbonyl (C=O) groups excluding carboxylic acids is 1. The quantitative estimate of drug-likeness (QED) is 0.839. The Bertz CT molecular complexity index is 466. The number of amides is 1. The second kappa shape index (κ2) is 7.56. The molecule has 0 bridgehead atoms. The van der Waals surface area contributed by atoms with Crippen molar-refractivity contribution >= 4 is 5.91 Å². The van der Waals surface area contributed by atoms with Crippen molar-refractivity contribution in [2.24, 2.45) is 5.92 Å². The van der Waals surface area contributed by atoms with Gasteiger partial charge in [-0.3, -0.25) is 4.79 Å². The topological polar surface area (TPSA) is 55.3 Å². The van der Waals surface area contributed by atoms with E-state index in [0.717, 1.165) is 44.7 Å². The number of piperidine rings is 1. The highest BCUT2D eigenvalue weighted by Crippen LogP contribution is 2.29. The second-order valence-electron chi connectivity index (χ2n) is 6.43. The highest BCUT2D eigenvalue weighted by atomic mass is 16.5. The van der Waals surface area contributed by atoms with E-state index in [9.17, 15) is 4.79 Å². The molecule has 1 aliphatic carbocycles. The molecule has 3 rings (SSSR count). The van der Waals surface area contributed by atoms with E-state index in [1.165, 1.54) is 32.0 Å². The van der Waals surface area contributed by atoms with Crippen LogP contribution in [0.1, 0.15) is 51.4 Å². The Hall–Kier alpha value is -1.65. The van der Waals surface area contributed by atoms with Crippen molar-refractivity contribution in [3.63, 3.8) is 0 Å². The summed E-state index contributed by atoms with van der Waals surface area (Å²) in [6.07, 6.45) is 12.3. The van der Waals surface area contributed by atoms with E-state index < -0.39 is 0 Å². The number of rotatable bonds is 5. The summed E-state index contributed by atoms with van der Waals surface area (Å²) in [7, 11) is 0. The van der Waals surface area contributed by atoms with E-state index in [2.05, 4.69) is 9.97 Å². The predicted octanol–water partition coefficient (Wildman–Crippen LogP) is 2.82. The van der Waals surface area contributed by atoms with Gasteiger partial charge in [-0.05, 0) is 12.3 Å². The number of aromatic nitrogens is 2. The highest BCUT2D eigenvalue weighted by molar-refractivity contribution is 5.76. The lowest BCUT2D eigenvalue weighted by Gasteiger charge is -2.32. The van der Waals surface area contributed by atoms with E-state index >= 15 is 0 Å². The van der Waals surface area contributed by atoms with Gasteiger partial charge in [0.15, 0.2) is 0 Å². The Balaban J connectivity index is 1.38. The fourth-order valence-electron chi connectivity index (χ4n) is 3.53. The van der Waals surface area contributed by atoms with Crippen LogP contribution in [-0.4, -0.2) is 40.0 Å². The summed E-state index contributed by atoms with van der Waals surface area (Å²) in [6.45, 7) is 1.61. The van der Waals surface area contributed by atoms with Gasteiger partial charge < -0.3 is 9.64 Å². The normalized spacial score (nSPS) is 20.3. The molecule has 0 N–H and O–H groups in total. The molecular weight excluding hydrogens is 278 g/mol. The Labute approximate surface area is 132 Å². The van der Waals surface area contributed by atoms with Crippen molar-refractivity contribution in [3.8, 4) is 5.88 Å². The van der Waals surface area contributed by atoms with Gasteiger partial charge >= 0.3 is 0 Å². The molecule has 0 unspecified atom stereocenters. The Morgan fingerprint density at radius 2 is 2.00 bits per heavy atom.